The van der Waals surface area contributed by atoms with Gasteiger partial charge >= 0.3 is 5.97 Å². The largest absolute Gasteiger partial charge is 0.480 e. The minimum absolute atomic E-state index is 0.854. The standard InChI is InChI=1S/C9HBr17O2/c10-2(11,1(27)28)3(12,13)4(14,15)5(16,17)6(18,19)7(20,21)8(22,23)9(24,25)26/h(H,27,28). The van der Waals surface area contributed by atoms with Crippen LogP contribution in [0.15, 0.2) is 0 Å². The number of alkyl halides is 17. The Kier molecular flexibility index (Phi) is 14.5. The third-order valence-electron chi connectivity index (χ3n) is 2.99. The monoisotopic (exact) mass is 1480 g/mol. The van der Waals surface area contributed by atoms with Crippen LogP contribution in [-0.4, -0.2) is 35.9 Å². The van der Waals surface area contributed by atoms with Crippen molar-refractivity contribution in [2.45, 2.75) is 24.8 Å². The van der Waals surface area contributed by atoms with Crippen LogP contribution in [0.2, 0.25) is 0 Å². The van der Waals surface area contributed by atoms with Crippen LogP contribution in [0.1, 0.15) is 0 Å². The highest BCUT2D eigenvalue weighted by Gasteiger charge is 2.78. The number of carbonyl (C=O) groups is 1. The van der Waals surface area contributed by atoms with Crippen molar-refractivity contribution in [3.05, 3.63) is 0 Å². The van der Waals surface area contributed by atoms with Gasteiger partial charge in [-0.1, -0.05) is 271 Å². The van der Waals surface area contributed by atoms with Gasteiger partial charge in [0.25, 0.3) is 0 Å². The predicted octanol–water partition coefficient (Wildman–Crippen LogP) is 12.3. The molecule has 0 radical (unpaired) electrons. The third kappa shape index (κ3) is 6.10. The molecule has 0 aromatic rings. The number of aliphatic carboxylic acids is 1. The Bertz CT molecular complexity index is 615. The lowest BCUT2D eigenvalue weighted by Gasteiger charge is -2.57. The molecule has 19 heteroatoms. The first-order valence-corrected chi connectivity index (χ1v) is 19.1. The summed E-state index contributed by atoms with van der Waals surface area (Å²) in [5.74, 6) is -1.19. The number of hydrogen-bond acceptors (Lipinski definition) is 1. The Hall–Kier alpha value is 7.63. The zero-order chi connectivity index (χ0) is 23.6. The van der Waals surface area contributed by atoms with E-state index < -0.39 is 30.7 Å². The molecule has 168 valence electrons. The van der Waals surface area contributed by atoms with Crippen LogP contribution in [0.5, 0.6) is 0 Å². The molecule has 0 saturated carbocycles. The predicted molar refractivity (Wildman–Crippen MR) is 181 cm³/mol. The van der Waals surface area contributed by atoms with Crippen molar-refractivity contribution < 1.29 is 9.90 Å². The van der Waals surface area contributed by atoms with Gasteiger partial charge < -0.3 is 5.11 Å². The zero-order valence-corrected chi connectivity index (χ0v) is 38.7. The molecule has 0 fully saturated rings. The maximum Gasteiger partial charge on any atom is 0.333 e. The normalized spacial score (nSPS) is 16.3. The molecule has 0 aliphatic rings. The van der Waals surface area contributed by atoms with E-state index in [1.54, 1.807) is 0 Å². The van der Waals surface area contributed by atoms with Crippen LogP contribution in [-0.2, 0) is 4.79 Å². The highest BCUT2D eigenvalue weighted by molar-refractivity contribution is 9.42. The average molecular weight is 1500 g/mol. The van der Waals surface area contributed by atoms with E-state index in [-0.39, 0.29) is 0 Å². The molecule has 0 amide bonds. The Morgan fingerprint density at radius 1 is 0.429 bits per heavy atom. The molecular formula is C9HBr17O2. The molecule has 28 heavy (non-hydrogen) atoms. The lowest BCUT2D eigenvalue weighted by molar-refractivity contribution is -0.137. The lowest BCUT2D eigenvalue weighted by atomic mass is 10.1. The van der Waals surface area contributed by atoms with E-state index in [4.69, 9.17) is 0 Å². The Morgan fingerprint density at radius 2 is 0.643 bits per heavy atom. The van der Waals surface area contributed by atoms with Gasteiger partial charge in [0.15, 0.2) is 2.14 Å². The molecule has 0 saturated heterocycles. The van der Waals surface area contributed by atoms with Gasteiger partial charge in [-0.15, -0.1) is 0 Å². The molecule has 0 aliphatic heterocycles. The van der Waals surface area contributed by atoms with E-state index in [0.29, 0.717) is 0 Å². The van der Waals surface area contributed by atoms with Crippen molar-refractivity contribution in [3.63, 3.8) is 0 Å². The fraction of sp³-hybridized carbons (Fsp3) is 0.889. The number of carboxylic acids is 1. The van der Waals surface area contributed by atoms with Crippen molar-refractivity contribution >= 4 is 277 Å². The molecule has 1 N–H and O–H groups in total. The summed E-state index contributed by atoms with van der Waals surface area (Å²) in [6, 6.07) is 0. The summed E-state index contributed by atoms with van der Waals surface area (Å²) in [5.41, 5.74) is 0. The van der Waals surface area contributed by atoms with Gasteiger partial charge in [0.2, 0.25) is 3.23 Å². The van der Waals surface area contributed by atoms with E-state index in [1.165, 1.54) is 0 Å². The Balaban J connectivity index is 6.76. The molecule has 0 rings (SSSR count). The van der Waals surface area contributed by atoms with Crippen LogP contribution >= 0.6 is 271 Å². The van der Waals surface area contributed by atoms with Crippen LogP contribution in [0.25, 0.3) is 0 Å². The van der Waals surface area contributed by atoms with Crippen LogP contribution in [0, 0.1) is 0 Å². The van der Waals surface area contributed by atoms with Gasteiger partial charge in [-0.25, -0.2) is 4.79 Å². The van der Waals surface area contributed by atoms with Crippen molar-refractivity contribution in [3.8, 4) is 0 Å². The zero-order valence-electron chi connectivity index (χ0n) is 11.8. The maximum atomic E-state index is 11.9. The van der Waals surface area contributed by atoms with E-state index in [0.717, 1.165) is 0 Å². The van der Waals surface area contributed by atoms with E-state index >= 15 is 0 Å². The summed E-state index contributed by atoms with van der Waals surface area (Å²) < 4.78 is -9.59. The van der Waals surface area contributed by atoms with Gasteiger partial charge in [0.05, 0.1) is 0 Å². The SMILES string of the molecule is O=C(O)C(Br)(Br)C(Br)(Br)C(Br)(Br)C(Br)(Br)C(Br)(Br)C(Br)(Br)C(Br)(Br)C(Br)(Br)Br. The van der Waals surface area contributed by atoms with Crippen molar-refractivity contribution in [2.75, 3.05) is 0 Å². The number of rotatable bonds is 7. The summed E-state index contributed by atoms with van der Waals surface area (Å²) in [7, 11) is 0. The molecule has 0 unspecified atom stereocenters. The second kappa shape index (κ2) is 11.4. The number of carboxylic acid groups (broad SMARTS) is 1. The Labute approximate surface area is 304 Å². The summed E-state index contributed by atoms with van der Waals surface area (Å²) in [6.07, 6.45) is 0. The molecule has 0 spiro atoms. The van der Waals surface area contributed by atoms with E-state index in [9.17, 15) is 9.90 Å². The maximum absolute atomic E-state index is 11.9. The highest BCUT2D eigenvalue weighted by Crippen LogP contribution is 2.77. The first-order valence-electron chi connectivity index (χ1n) is 5.64. The molecule has 0 aliphatic carbocycles. The van der Waals surface area contributed by atoms with Crippen LogP contribution < -0.4 is 0 Å². The quantitative estimate of drug-likeness (QED) is 0.258. The van der Waals surface area contributed by atoms with Crippen molar-refractivity contribution in [2.24, 2.45) is 0 Å². The molecule has 2 nitrogen and oxygen atoms in total. The van der Waals surface area contributed by atoms with Gasteiger partial charge in [-0.3, -0.25) is 0 Å². The molecular weight excluding hydrogens is 1500 g/mol. The second-order valence-corrected chi connectivity index (χ2v) is 35.7. The second-order valence-electron chi connectivity index (χ2n) is 4.82. The Morgan fingerprint density at radius 3 is 0.857 bits per heavy atom. The lowest BCUT2D eigenvalue weighted by Crippen LogP contribution is -2.68. The van der Waals surface area contributed by atoms with Gasteiger partial charge in [0, 0.05) is 0 Å². The van der Waals surface area contributed by atoms with E-state index in [1.807, 2.05) is 0 Å². The first kappa shape index (κ1) is 35.6. The summed E-state index contributed by atoms with van der Waals surface area (Å²) in [6.45, 7) is 0. The molecule has 0 aromatic heterocycles. The summed E-state index contributed by atoms with van der Waals surface area (Å²) in [5, 5.41) is 9.70. The molecule has 0 atom stereocenters. The van der Waals surface area contributed by atoms with Crippen molar-refractivity contribution in [1.29, 1.82) is 0 Å². The summed E-state index contributed by atoms with van der Waals surface area (Å²) in [4.78, 5) is 11.9. The highest BCUT2D eigenvalue weighted by atomic mass is 80.0. The molecule has 0 aromatic carbocycles. The van der Waals surface area contributed by atoms with Crippen molar-refractivity contribution in [1.82, 2.24) is 0 Å². The summed E-state index contributed by atoms with van der Waals surface area (Å²) >= 11 is 60.6. The minimum atomic E-state index is -1.66. The van der Waals surface area contributed by atoms with Gasteiger partial charge in [0.1, 0.15) is 19.4 Å². The van der Waals surface area contributed by atoms with Gasteiger partial charge in [-0.05, 0) is 0 Å². The van der Waals surface area contributed by atoms with Crippen LogP contribution in [0.3, 0.4) is 0 Å². The fourth-order valence-electron chi connectivity index (χ4n) is 1.30. The third-order valence-corrected chi connectivity index (χ3v) is 36.9. The minimum Gasteiger partial charge on any atom is -0.480 e. The smallest absolute Gasteiger partial charge is 0.333 e. The van der Waals surface area contributed by atoms with E-state index in [2.05, 4.69) is 271 Å². The number of hydrogen-bond donors (Lipinski definition) is 1. The average Bonchev–Trinajstić information content (AvgIpc) is 2.44. The first-order chi connectivity index (χ1) is 11.7. The number of halogens is 17. The van der Waals surface area contributed by atoms with Gasteiger partial charge in [-0.2, -0.15) is 0 Å². The van der Waals surface area contributed by atoms with Crippen LogP contribution in [0.4, 0.5) is 0 Å². The fourth-order valence-corrected chi connectivity index (χ4v) is 16.0. The molecule has 0 heterocycles. The molecule has 0 bridgehead atoms. The topological polar surface area (TPSA) is 37.3 Å².